The van der Waals surface area contributed by atoms with Gasteiger partial charge in [-0.2, -0.15) is 0 Å². The molecule has 2 N–H and O–H groups in total. The average molecular weight is 363 g/mol. The zero-order valence-electron chi connectivity index (χ0n) is 13.3. The number of hydrogen-bond donors (Lipinski definition) is 2. The smallest absolute Gasteiger partial charge is 0.234 e. The molecule has 0 unspecified atom stereocenters. The third-order valence-electron chi connectivity index (χ3n) is 3.11. The molecule has 2 amide bonds. The molecule has 0 aliphatic heterocycles. The topological polar surface area (TPSA) is 58.2 Å². The number of benzene rings is 2. The van der Waals surface area contributed by atoms with Gasteiger partial charge in [0.25, 0.3) is 0 Å². The number of anilines is 2. The molecule has 2 rings (SSSR count). The molecule has 0 bridgehead atoms. The molecule has 4 nitrogen and oxygen atoms in total. The highest BCUT2D eigenvalue weighted by molar-refractivity contribution is 8.00. The quantitative estimate of drug-likeness (QED) is 0.695. The van der Waals surface area contributed by atoms with Crippen molar-refractivity contribution in [3.8, 4) is 0 Å². The number of thioether (sulfide) groups is 1. The average Bonchev–Trinajstić information content (AvgIpc) is 2.56. The Morgan fingerprint density at radius 1 is 1.04 bits per heavy atom. The lowest BCUT2D eigenvalue weighted by Crippen LogP contribution is -2.14. The largest absolute Gasteiger partial charge is 0.326 e. The first-order chi connectivity index (χ1) is 11.6. The highest BCUT2D eigenvalue weighted by atomic mass is 35.5. The van der Waals surface area contributed by atoms with Gasteiger partial charge < -0.3 is 10.6 Å². The molecule has 0 saturated heterocycles. The van der Waals surface area contributed by atoms with E-state index in [1.54, 1.807) is 12.1 Å². The van der Waals surface area contributed by atoms with Gasteiger partial charge in [0, 0.05) is 17.0 Å². The number of carbonyl (C=O) groups is 2. The van der Waals surface area contributed by atoms with Gasteiger partial charge in [-0.15, -0.1) is 11.8 Å². The van der Waals surface area contributed by atoms with E-state index in [4.69, 9.17) is 11.6 Å². The van der Waals surface area contributed by atoms with E-state index in [0.717, 1.165) is 17.0 Å². The second kappa shape index (κ2) is 9.35. The number of carbonyl (C=O) groups excluding carboxylic acids is 2. The fourth-order valence-electron chi connectivity index (χ4n) is 2.01. The van der Waals surface area contributed by atoms with Crippen LogP contribution in [-0.2, 0) is 9.59 Å². The first kappa shape index (κ1) is 18.4. The van der Waals surface area contributed by atoms with E-state index >= 15 is 0 Å². The normalized spacial score (nSPS) is 10.2. The molecule has 0 fully saturated rings. The summed E-state index contributed by atoms with van der Waals surface area (Å²) in [5.41, 5.74) is 1.34. The minimum Gasteiger partial charge on any atom is -0.326 e. The molecule has 0 radical (unpaired) electrons. The predicted octanol–water partition coefficient (Wildman–Crippen LogP) is 4.81. The summed E-state index contributed by atoms with van der Waals surface area (Å²) < 4.78 is 0. The fraction of sp³-hybridized carbons (Fsp3) is 0.222. The molecule has 6 heteroatoms. The molecule has 0 atom stereocenters. The van der Waals surface area contributed by atoms with Gasteiger partial charge in [-0.05, 0) is 36.8 Å². The van der Waals surface area contributed by atoms with E-state index in [2.05, 4.69) is 10.6 Å². The summed E-state index contributed by atoms with van der Waals surface area (Å²) in [6, 6.07) is 14.6. The van der Waals surface area contributed by atoms with Crippen molar-refractivity contribution in [2.75, 3.05) is 16.4 Å². The summed E-state index contributed by atoms with van der Waals surface area (Å²) in [6.07, 6.45) is 1.31. The summed E-state index contributed by atoms with van der Waals surface area (Å²) in [6.45, 7) is 1.96. The first-order valence-electron chi connectivity index (χ1n) is 7.65. The molecule has 126 valence electrons. The molecule has 0 aromatic heterocycles. The molecule has 0 spiro atoms. The molecule has 0 heterocycles. The number of halogens is 1. The van der Waals surface area contributed by atoms with Gasteiger partial charge in [0.1, 0.15) is 0 Å². The van der Waals surface area contributed by atoms with Crippen molar-refractivity contribution in [3.63, 3.8) is 0 Å². The van der Waals surface area contributed by atoms with E-state index in [1.807, 2.05) is 43.3 Å². The zero-order chi connectivity index (χ0) is 17.4. The van der Waals surface area contributed by atoms with Crippen LogP contribution in [0.15, 0.2) is 53.4 Å². The van der Waals surface area contributed by atoms with Crippen molar-refractivity contribution in [3.05, 3.63) is 53.6 Å². The Morgan fingerprint density at radius 2 is 1.83 bits per heavy atom. The van der Waals surface area contributed by atoms with Gasteiger partial charge in [0.05, 0.1) is 16.5 Å². The van der Waals surface area contributed by atoms with Crippen molar-refractivity contribution in [2.45, 2.75) is 24.7 Å². The van der Waals surface area contributed by atoms with Crippen LogP contribution in [0.2, 0.25) is 5.02 Å². The maximum atomic E-state index is 12.0. The number of para-hydroxylation sites is 1. The van der Waals surface area contributed by atoms with Crippen molar-refractivity contribution in [1.29, 1.82) is 0 Å². The lowest BCUT2D eigenvalue weighted by Gasteiger charge is -2.08. The van der Waals surface area contributed by atoms with Gasteiger partial charge in [-0.1, -0.05) is 36.7 Å². The Kier molecular flexibility index (Phi) is 7.15. The van der Waals surface area contributed by atoms with Gasteiger partial charge in [-0.25, -0.2) is 0 Å². The summed E-state index contributed by atoms with van der Waals surface area (Å²) in [7, 11) is 0. The molecule has 0 saturated carbocycles. The van der Waals surface area contributed by atoms with Crippen molar-refractivity contribution in [1.82, 2.24) is 0 Å². The van der Waals surface area contributed by atoms with Crippen molar-refractivity contribution in [2.24, 2.45) is 0 Å². The molecule has 24 heavy (non-hydrogen) atoms. The maximum absolute atomic E-state index is 12.0. The van der Waals surface area contributed by atoms with Crippen LogP contribution in [-0.4, -0.2) is 17.6 Å². The van der Waals surface area contributed by atoms with Crippen LogP contribution in [0.1, 0.15) is 19.8 Å². The highest BCUT2D eigenvalue weighted by Crippen LogP contribution is 2.24. The fourth-order valence-corrected chi connectivity index (χ4v) is 2.95. The summed E-state index contributed by atoms with van der Waals surface area (Å²) in [5.74, 6) is 0.127. The third kappa shape index (κ3) is 5.91. The van der Waals surface area contributed by atoms with E-state index in [0.29, 0.717) is 17.1 Å². The van der Waals surface area contributed by atoms with E-state index in [9.17, 15) is 9.59 Å². The van der Waals surface area contributed by atoms with Crippen LogP contribution in [0, 0.1) is 0 Å². The maximum Gasteiger partial charge on any atom is 0.234 e. The lowest BCUT2D eigenvalue weighted by molar-refractivity contribution is -0.116. The Morgan fingerprint density at radius 3 is 2.58 bits per heavy atom. The van der Waals surface area contributed by atoms with Crippen LogP contribution >= 0.6 is 23.4 Å². The van der Waals surface area contributed by atoms with Gasteiger partial charge in [0.15, 0.2) is 0 Å². The molecular weight excluding hydrogens is 344 g/mol. The van der Waals surface area contributed by atoms with Crippen LogP contribution in [0.5, 0.6) is 0 Å². The van der Waals surface area contributed by atoms with Gasteiger partial charge >= 0.3 is 0 Å². The molecule has 0 aliphatic rings. The van der Waals surface area contributed by atoms with Gasteiger partial charge in [-0.3, -0.25) is 9.59 Å². The number of amides is 2. The van der Waals surface area contributed by atoms with Crippen molar-refractivity contribution < 1.29 is 9.59 Å². The molecule has 2 aromatic carbocycles. The van der Waals surface area contributed by atoms with Crippen LogP contribution < -0.4 is 10.6 Å². The molecular formula is C18H19ClN2O2S. The SMILES string of the molecule is CCCC(=O)Nc1cccc(SCC(=O)Nc2ccccc2Cl)c1. The summed E-state index contributed by atoms with van der Waals surface area (Å²) in [5, 5.41) is 6.14. The number of hydrogen-bond acceptors (Lipinski definition) is 3. The van der Waals surface area contributed by atoms with Crippen LogP contribution in [0.4, 0.5) is 11.4 Å². The molecule has 0 aliphatic carbocycles. The second-order valence-corrected chi connectivity index (χ2v) is 6.60. The van der Waals surface area contributed by atoms with Crippen LogP contribution in [0.3, 0.4) is 0 Å². The Hall–Kier alpha value is -1.98. The Balaban J connectivity index is 1.88. The van der Waals surface area contributed by atoms with Crippen molar-refractivity contribution >= 4 is 46.6 Å². The minimum atomic E-state index is -0.131. The number of nitrogens with one attached hydrogen (secondary N) is 2. The Bertz CT molecular complexity index is 722. The Labute approximate surface area is 151 Å². The van der Waals surface area contributed by atoms with E-state index in [1.165, 1.54) is 11.8 Å². The standard InChI is InChI=1S/C18H19ClN2O2S/c1-2-6-17(22)20-13-7-5-8-14(11-13)24-12-18(23)21-16-10-4-3-9-15(16)19/h3-5,7-11H,2,6,12H2,1H3,(H,20,22)(H,21,23). The number of rotatable bonds is 7. The second-order valence-electron chi connectivity index (χ2n) is 5.14. The van der Waals surface area contributed by atoms with E-state index < -0.39 is 0 Å². The highest BCUT2D eigenvalue weighted by Gasteiger charge is 2.07. The zero-order valence-corrected chi connectivity index (χ0v) is 14.9. The summed E-state index contributed by atoms with van der Waals surface area (Å²) >= 11 is 7.42. The predicted molar refractivity (Wildman–Crippen MR) is 101 cm³/mol. The minimum absolute atomic E-state index is 0.00360. The molecule has 2 aromatic rings. The van der Waals surface area contributed by atoms with Crippen LogP contribution in [0.25, 0.3) is 0 Å². The summed E-state index contributed by atoms with van der Waals surface area (Å²) in [4.78, 5) is 24.6. The monoisotopic (exact) mass is 362 g/mol. The third-order valence-corrected chi connectivity index (χ3v) is 4.44. The lowest BCUT2D eigenvalue weighted by atomic mass is 10.3. The first-order valence-corrected chi connectivity index (χ1v) is 9.02. The van der Waals surface area contributed by atoms with E-state index in [-0.39, 0.29) is 17.6 Å². The van der Waals surface area contributed by atoms with Gasteiger partial charge in [0.2, 0.25) is 11.8 Å².